The highest BCUT2D eigenvalue weighted by Gasteiger charge is 2.15. The molecule has 1 fully saturated rings. The molecule has 1 atom stereocenters. The van der Waals surface area contributed by atoms with E-state index in [-0.39, 0.29) is 12.5 Å². The molecule has 1 heterocycles. The number of nitrogens with zero attached hydrogens (tertiary/aromatic N) is 1. The molecule has 1 rings (SSSR count). The van der Waals surface area contributed by atoms with Gasteiger partial charge in [0.25, 0.3) is 0 Å². The van der Waals surface area contributed by atoms with Gasteiger partial charge in [-0.25, -0.2) is 0 Å². The first-order valence-electron chi connectivity index (χ1n) is 5.95. The van der Waals surface area contributed by atoms with Crippen LogP contribution >= 0.6 is 11.8 Å². The van der Waals surface area contributed by atoms with Gasteiger partial charge >= 0.3 is 0 Å². The highest BCUT2D eigenvalue weighted by atomic mass is 32.2. The van der Waals surface area contributed by atoms with Crippen molar-refractivity contribution in [3.05, 3.63) is 0 Å². The number of carbonyl (C=O) groups excluding carboxylic acids is 1. The molecule has 1 aliphatic heterocycles. The van der Waals surface area contributed by atoms with Crippen LogP contribution in [0, 0.1) is 0 Å². The largest absolute Gasteiger partial charge is 0.396 e. The predicted molar refractivity (Wildman–Crippen MR) is 67.7 cm³/mol. The summed E-state index contributed by atoms with van der Waals surface area (Å²) in [6.45, 7) is 5.88. The Morgan fingerprint density at radius 3 is 3.06 bits per heavy atom. The van der Waals surface area contributed by atoms with Crippen LogP contribution in [0.5, 0.6) is 0 Å². The standard InChI is InChI=1S/C11H22N2O2S/c1-10(3-8-14)16-9-11(15)13-6-2-4-12-5-7-13/h10,12,14H,2-9H2,1H3. The number of aliphatic hydroxyl groups excluding tert-OH is 1. The normalized spacial score (nSPS) is 19.2. The van der Waals surface area contributed by atoms with Crippen LogP contribution in [0.3, 0.4) is 0 Å². The second-order valence-corrected chi connectivity index (χ2v) is 5.54. The molecule has 0 radical (unpaired) electrons. The minimum atomic E-state index is 0.204. The van der Waals surface area contributed by atoms with Crippen molar-refractivity contribution in [2.75, 3.05) is 38.5 Å². The summed E-state index contributed by atoms with van der Waals surface area (Å²) in [4.78, 5) is 13.8. The molecule has 1 amide bonds. The van der Waals surface area contributed by atoms with Crippen molar-refractivity contribution in [1.29, 1.82) is 0 Å². The van der Waals surface area contributed by atoms with Gasteiger partial charge in [-0.3, -0.25) is 4.79 Å². The third-order valence-corrected chi connectivity index (χ3v) is 3.94. The Hall–Kier alpha value is -0.260. The molecule has 0 spiro atoms. The van der Waals surface area contributed by atoms with Crippen molar-refractivity contribution < 1.29 is 9.90 Å². The number of hydrogen-bond donors (Lipinski definition) is 2. The Bertz CT molecular complexity index is 206. The molecule has 5 heteroatoms. The van der Waals surface area contributed by atoms with E-state index in [1.165, 1.54) is 0 Å². The number of hydrogen-bond acceptors (Lipinski definition) is 4. The second-order valence-electron chi connectivity index (χ2n) is 4.12. The molecule has 1 saturated heterocycles. The molecule has 0 bridgehead atoms. The SMILES string of the molecule is CC(CCO)SCC(=O)N1CCCNCC1. The van der Waals surface area contributed by atoms with Gasteiger partial charge in [-0.15, -0.1) is 11.8 Å². The molecular formula is C11H22N2O2S. The van der Waals surface area contributed by atoms with E-state index in [9.17, 15) is 4.79 Å². The summed E-state index contributed by atoms with van der Waals surface area (Å²) < 4.78 is 0. The fourth-order valence-corrected chi connectivity index (χ4v) is 2.55. The predicted octanol–water partition coefficient (Wildman–Crippen LogP) is 0.312. The lowest BCUT2D eigenvalue weighted by molar-refractivity contribution is -0.128. The summed E-state index contributed by atoms with van der Waals surface area (Å²) in [7, 11) is 0. The first-order valence-corrected chi connectivity index (χ1v) is 7.00. The first-order chi connectivity index (χ1) is 7.74. The van der Waals surface area contributed by atoms with Crippen molar-refractivity contribution in [3.8, 4) is 0 Å². The van der Waals surface area contributed by atoms with Gasteiger partial charge in [0.05, 0.1) is 5.75 Å². The number of carbonyl (C=O) groups is 1. The summed E-state index contributed by atoms with van der Waals surface area (Å²) in [5, 5.41) is 12.4. The van der Waals surface area contributed by atoms with Crippen LogP contribution in [0.1, 0.15) is 19.8 Å². The van der Waals surface area contributed by atoms with E-state index in [4.69, 9.17) is 5.11 Å². The molecule has 4 nitrogen and oxygen atoms in total. The molecule has 1 unspecified atom stereocenters. The highest BCUT2D eigenvalue weighted by Crippen LogP contribution is 2.14. The zero-order valence-electron chi connectivity index (χ0n) is 9.95. The zero-order valence-corrected chi connectivity index (χ0v) is 10.8. The Labute approximate surface area is 102 Å². The Morgan fingerprint density at radius 1 is 1.50 bits per heavy atom. The van der Waals surface area contributed by atoms with Gasteiger partial charge in [0.2, 0.25) is 5.91 Å². The summed E-state index contributed by atoms with van der Waals surface area (Å²) in [6.07, 6.45) is 1.81. The van der Waals surface area contributed by atoms with E-state index < -0.39 is 0 Å². The quantitative estimate of drug-likeness (QED) is 0.733. The average Bonchev–Trinajstić information content (AvgIpc) is 2.55. The van der Waals surface area contributed by atoms with Crippen LogP contribution in [0.15, 0.2) is 0 Å². The van der Waals surface area contributed by atoms with Crippen molar-refractivity contribution in [1.82, 2.24) is 10.2 Å². The maximum Gasteiger partial charge on any atom is 0.232 e. The van der Waals surface area contributed by atoms with Crippen LogP contribution in [-0.4, -0.2) is 59.7 Å². The lowest BCUT2D eigenvalue weighted by Gasteiger charge is -2.20. The van der Waals surface area contributed by atoms with E-state index in [0.29, 0.717) is 11.0 Å². The lowest BCUT2D eigenvalue weighted by Crippen LogP contribution is -2.35. The highest BCUT2D eigenvalue weighted by molar-refractivity contribution is 8.00. The molecule has 1 aliphatic rings. The van der Waals surface area contributed by atoms with Gasteiger partial charge in [-0.05, 0) is 19.4 Å². The minimum Gasteiger partial charge on any atom is -0.396 e. The lowest BCUT2D eigenvalue weighted by atomic mass is 10.3. The van der Waals surface area contributed by atoms with E-state index in [1.807, 2.05) is 4.90 Å². The molecule has 94 valence electrons. The maximum atomic E-state index is 11.9. The van der Waals surface area contributed by atoms with E-state index in [1.54, 1.807) is 11.8 Å². The number of nitrogens with one attached hydrogen (secondary N) is 1. The van der Waals surface area contributed by atoms with Gasteiger partial charge < -0.3 is 15.3 Å². The van der Waals surface area contributed by atoms with Crippen LogP contribution < -0.4 is 5.32 Å². The summed E-state index contributed by atoms with van der Waals surface area (Å²) in [5.74, 6) is 0.778. The maximum absolute atomic E-state index is 11.9. The molecule has 0 saturated carbocycles. The molecule has 2 N–H and O–H groups in total. The van der Waals surface area contributed by atoms with Gasteiger partial charge in [0, 0.05) is 31.5 Å². The van der Waals surface area contributed by atoms with Crippen LogP contribution in [0.4, 0.5) is 0 Å². The van der Waals surface area contributed by atoms with E-state index in [0.717, 1.165) is 39.0 Å². The summed E-state index contributed by atoms with van der Waals surface area (Å²) in [6, 6.07) is 0. The average molecular weight is 246 g/mol. The third-order valence-electron chi connectivity index (χ3n) is 2.72. The van der Waals surface area contributed by atoms with E-state index in [2.05, 4.69) is 12.2 Å². The van der Waals surface area contributed by atoms with Crippen molar-refractivity contribution >= 4 is 17.7 Å². The topological polar surface area (TPSA) is 52.6 Å². The minimum absolute atomic E-state index is 0.204. The molecule has 16 heavy (non-hydrogen) atoms. The Kier molecular flexibility index (Phi) is 6.84. The van der Waals surface area contributed by atoms with Crippen LogP contribution in [-0.2, 0) is 4.79 Å². The third kappa shape index (κ3) is 5.18. The number of aliphatic hydroxyl groups is 1. The second kappa shape index (κ2) is 7.92. The summed E-state index contributed by atoms with van der Waals surface area (Å²) >= 11 is 1.64. The Morgan fingerprint density at radius 2 is 2.31 bits per heavy atom. The Balaban J connectivity index is 2.22. The van der Waals surface area contributed by atoms with Gasteiger partial charge in [0.15, 0.2) is 0 Å². The van der Waals surface area contributed by atoms with Gasteiger partial charge in [-0.1, -0.05) is 6.92 Å². The fourth-order valence-electron chi connectivity index (χ4n) is 1.67. The summed E-state index contributed by atoms with van der Waals surface area (Å²) in [5.41, 5.74) is 0. The van der Waals surface area contributed by atoms with Crippen molar-refractivity contribution in [2.45, 2.75) is 25.0 Å². The first kappa shape index (κ1) is 13.8. The molecule has 0 aromatic rings. The van der Waals surface area contributed by atoms with Crippen molar-refractivity contribution in [2.24, 2.45) is 0 Å². The number of amides is 1. The monoisotopic (exact) mass is 246 g/mol. The zero-order chi connectivity index (χ0) is 11.8. The number of rotatable bonds is 5. The van der Waals surface area contributed by atoms with Crippen LogP contribution in [0.25, 0.3) is 0 Å². The molecule has 0 aromatic carbocycles. The molecule has 0 aromatic heterocycles. The van der Waals surface area contributed by atoms with Gasteiger partial charge in [0.1, 0.15) is 0 Å². The fraction of sp³-hybridized carbons (Fsp3) is 0.909. The van der Waals surface area contributed by atoms with E-state index >= 15 is 0 Å². The van der Waals surface area contributed by atoms with Crippen molar-refractivity contribution in [3.63, 3.8) is 0 Å². The molecular weight excluding hydrogens is 224 g/mol. The molecule has 0 aliphatic carbocycles. The smallest absolute Gasteiger partial charge is 0.232 e. The van der Waals surface area contributed by atoms with Gasteiger partial charge in [-0.2, -0.15) is 0 Å². The van der Waals surface area contributed by atoms with Crippen LogP contribution in [0.2, 0.25) is 0 Å². The number of thioether (sulfide) groups is 1.